The molecular formula is C19H16BrNO2. The predicted octanol–water partition coefficient (Wildman–Crippen LogP) is 4.97. The molecule has 0 saturated carbocycles. The van der Waals surface area contributed by atoms with Crippen molar-refractivity contribution in [2.75, 3.05) is 5.32 Å². The molecule has 2 N–H and O–H groups in total. The number of benzene rings is 2. The number of carbonyl (C=O) groups is 1. The van der Waals surface area contributed by atoms with E-state index in [4.69, 9.17) is 0 Å². The van der Waals surface area contributed by atoms with E-state index in [1.54, 1.807) is 6.07 Å². The number of halogens is 1. The summed E-state index contributed by atoms with van der Waals surface area (Å²) >= 11 is 3.47. The quantitative estimate of drug-likeness (QED) is 0.734. The smallest absolute Gasteiger partial charge is 0.337 e. The Morgan fingerprint density at radius 3 is 2.70 bits per heavy atom. The zero-order valence-electron chi connectivity index (χ0n) is 12.4. The first kappa shape index (κ1) is 14.5. The lowest BCUT2D eigenvalue weighted by Gasteiger charge is -2.38. The molecule has 2 aliphatic rings. The highest BCUT2D eigenvalue weighted by Gasteiger charge is 2.39. The van der Waals surface area contributed by atoms with Gasteiger partial charge in [-0.1, -0.05) is 52.3 Å². The SMILES string of the molecule is O=C(O)c1cccc2c1N[C@H](c1ccc(Br)cc1)[C@@H]1CC=C[C@@H]21. The second kappa shape index (κ2) is 5.53. The van der Waals surface area contributed by atoms with Crippen molar-refractivity contribution < 1.29 is 9.90 Å². The van der Waals surface area contributed by atoms with Crippen LogP contribution in [0.15, 0.2) is 59.1 Å². The summed E-state index contributed by atoms with van der Waals surface area (Å²) < 4.78 is 1.05. The lowest BCUT2D eigenvalue weighted by Crippen LogP contribution is -2.30. The van der Waals surface area contributed by atoms with Gasteiger partial charge in [0.25, 0.3) is 0 Å². The molecule has 23 heavy (non-hydrogen) atoms. The topological polar surface area (TPSA) is 49.3 Å². The highest BCUT2D eigenvalue weighted by atomic mass is 79.9. The maximum Gasteiger partial charge on any atom is 0.337 e. The number of nitrogens with one attached hydrogen (secondary N) is 1. The zero-order chi connectivity index (χ0) is 16.0. The van der Waals surface area contributed by atoms with Crippen LogP contribution < -0.4 is 5.32 Å². The fraction of sp³-hybridized carbons (Fsp3) is 0.211. The molecular weight excluding hydrogens is 354 g/mol. The molecule has 1 heterocycles. The third-order valence-corrected chi connectivity index (χ3v) is 5.38. The average Bonchev–Trinajstić information content (AvgIpc) is 3.04. The normalized spacial score (nSPS) is 24.7. The molecule has 1 aliphatic heterocycles. The first-order valence-electron chi connectivity index (χ1n) is 7.70. The fourth-order valence-electron chi connectivity index (χ4n) is 3.80. The molecule has 116 valence electrons. The van der Waals surface area contributed by atoms with Crippen LogP contribution in [0.3, 0.4) is 0 Å². The monoisotopic (exact) mass is 369 g/mol. The molecule has 4 heteroatoms. The van der Waals surface area contributed by atoms with Crippen molar-refractivity contribution in [3.63, 3.8) is 0 Å². The van der Waals surface area contributed by atoms with Crippen molar-refractivity contribution in [2.45, 2.75) is 18.4 Å². The zero-order valence-corrected chi connectivity index (χ0v) is 14.0. The number of hydrogen-bond acceptors (Lipinski definition) is 2. The molecule has 3 atom stereocenters. The van der Waals surface area contributed by atoms with Crippen LogP contribution in [0.4, 0.5) is 5.69 Å². The Balaban J connectivity index is 1.83. The maximum absolute atomic E-state index is 11.6. The van der Waals surface area contributed by atoms with Crippen molar-refractivity contribution >= 4 is 27.6 Å². The predicted molar refractivity (Wildman–Crippen MR) is 93.9 cm³/mol. The van der Waals surface area contributed by atoms with Crippen molar-refractivity contribution in [1.29, 1.82) is 0 Å². The molecule has 4 rings (SSSR count). The Morgan fingerprint density at radius 2 is 1.96 bits per heavy atom. The molecule has 0 aromatic heterocycles. The van der Waals surface area contributed by atoms with Crippen LogP contribution in [-0.4, -0.2) is 11.1 Å². The van der Waals surface area contributed by atoms with Gasteiger partial charge < -0.3 is 10.4 Å². The average molecular weight is 370 g/mol. The highest BCUT2D eigenvalue weighted by Crippen LogP contribution is 2.50. The summed E-state index contributed by atoms with van der Waals surface area (Å²) in [6, 6.07) is 14.0. The van der Waals surface area contributed by atoms with Gasteiger partial charge in [0, 0.05) is 10.4 Å². The van der Waals surface area contributed by atoms with E-state index < -0.39 is 5.97 Å². The van der Waals surface area contributed by atoms with Gasteiger partial charge >= 0.3 is 5.97 Å². The minimum Gasteiger partial charge on any atom is -0.478 e. The van der Waals surface area contributed by atoms with Crippen LogP contribution in [0.5, 0.6) is 0 Å². The van der Waals surface area contributed by atoms with Crippen LogP contribution >= 0.6 is 15.9 Å². The fourth-order valence-corrected chi connectivity index (χ4v) is 4.06. The van der Waals surface area contributed by atoms with Crippen LogP contribution in [0.25, 0.3) is 0 Å². The minimum atomic E-state index is -0.885. The number of carboxylic acid groups (broad SMARTS) is 1. The third kappa shape index (κ3) is 2.38. The van der Waals surface area contributed by atoms with E-state index in [2.05, 4.69) is 45.5 Å². The van der Waals surface area contributed by atoms with Crippen LogP contribution in [0.2, 0.25) is 0 Å². The summed E-state index contributed by atoms with van der Waals surface area (Å²) in [4.78, 5) is 11.6. The minimum absolute atomic E-state index is 0.121. The first-order chi connectivity index (χ1) is 11.1. The van der Waals surface area contributed by atoms with E-state index in [9.17, 15) is 9.90 Å². The lowest BCUT2D eigenvalue weighted by atomic mass is 9.76. The number of carboxylic acids is 1. The maximum atomic E-state index is 11.6. The molecule has 3 nitrogen and oxygen atoms in total. The van der Waals surface area contributed by atoms with Crippen molar-refractivity contribution in [3.8, 4) is 0 Å². The van der Waals surface area contributed by atoms with Gasteiger partial charge in [0.15, 0.2) is 0 Å². The molecule has 2 aromatic carbocycles. The van der Waals surface area contributed by atoms with Gasteiger partial charge in [0.1, 0.15) is 0 Å². The summed E-state index contributed by atoms with van der Waals surface area (Å²) in [5.41, 5.74) is 3.40. The van der Waals surface area contributed by atoms with E-state index in [-0.39, 0.29) is 12.0 Å². The van der Waals surface area contributed by atoms with Gasteiger partial charge in [-0.2, -0.15) is 0 Å². The summed E-state index contributed by atoms with van der Waals surface area (Å²) in [6.07, 6.45) is 5.45. The molecule has 0 radical (unpaired) electrons. The van der Waals surface area contributed by atoms with E-state index in [0.29, 0.717) is 11.5 Å². The Hall–Kier alpha value is -2.07. The van der Waals surface area contributed by atoms with Crippen molar-refractivity contribution in [3.05, 3.63) is 75.8 Å². The number of para-hydroxylation sites is 1. The Labute approximate surface area is 143 Å². The molecule has 0 bridgehead atoms. The second-order valence-electron chi connectivity index (χ2n) is 6.10. The number of fused-ring (bicyclic) bond motifs is 3. The number of rotatable bonds is 2. The number of allylic oxidation sites excluding steroid dienone is 2. The van der Waals surface area contributed by atoms with E-state index in [1.807, 2.05) is 24.3 Å². The lowest BCUT2D eigenvalue weighted by molar-refractivity contribution is 0.0697. The molecule has 1 aliphatic carbocycles. The number of hydrogen-bond donors (Lipinski definition) is 2. The summed E-state index contributed by atoms with van der Waals surface area (Å²) in [5, 5.41) is 13.0. The molecule has 0 saturated heterocycles. The van der Waals surface area contributed by atoms with Crippen LogP contribution in [0.1, 0.15) is 39.9 Å². The van der Waals surface area contributed by atoms with E-state index in [1.165, 1.54) is 5.56 Å². The molecule has 2 aromatic rings. The Kier molecular flexibility index (Phi) is 3.49. The Bertz CT molecular complexity index is 798. The van der Waals surface area contributed by atoms with Gasteiger partial charge in [-0.05, 0) is 41.7 Å². The van der Waals surface area contributed by atoms with E-state index in [0.717, 1.165) is 22.1 Å². The van der Waals surface area contributed by atoms with Gasteiger partial charge in [-0.3, -0.25) is 0 Å². The van der Waals surface area contributed by atoms with E-state index >= 15 is 0 Å². The Morgan fingerprint density at radius 1 is 1.17 bits per heavy atom. The number of anilines is 1. The molecule has 0 fully saturated rings. The van der Waals surface area contributed by atoms with Gasteiger partial charge in [0.05, 0.1) is 17.3 Å². The van der Waals surface area contributed by atoms with Crippen LogP contribution in [-0.2, 0) is 0 Å². The van der Waals surface area contributed by atoms with Crippen LogP contribution in [0, 0.1) is 5.92 Å². The highest BCUT2D eigenvalue weighted by molar-refractivity contribution is 9.10. The summed E-state index contributed by atoms with van der Waals surface area (Å²) in [6.45, 7) is 0. The van der Waals surface area contributed by atoms with Gasteiger partial charge in [-0.25, -0.2) is 4.79 Å². The first-order valence-corrected chi connectivity index (χ1v) is 8.49. The molecule has 0 spiro atoms. The van der Waals surface area contributed by atoms with Crippen molar-refractivity contribution in [2.24, 2.45) is 5.92 Å². The molecule has 0 amide bonds. The van der Waals surface area contributed by atoms with Crippen molar-refractivity contribution in [1.82, 2.24) is 0 Å². The summed E-state index contributed by atoms with van der Waals surface area (Å²) in [7, 11) is 0. The van der Waals surface area contributed by atoms with Gasteiger partial charge in [-0.15, -0.1) is 0 Å². The summed E-state index contributed by atoms with van der Waals surface area (Å²) in [5.74, 6) is -0.184. The molecule has 0 unspecified atom stereocenters. The largest absolute Gasteiger partial charge is 0.478 e. The second-order valence-corrected chi connectivity index (χ2v) is 7.02. The number of aromatic carboxylic acids is 1. The third-order valence-electron chi connectivity index (χ3n) is 4.86. The standard InChI is InChI=1S/C19H16BrNO2/c20-12-9-7-11(8-10-12)17-14-4-1-3-13(14)15-5-2-6-16(19(22)23)18(15)21-17/h1-3,5-10,13-14,17,21H,4H2,(H,22,23)/t13-,14-,17-/m1/s1. The van der Waals surface area contributed by atoms with Gasteiger partial charge in [0.2, 0.25) is 0 Å².